The zero-order chi connectivity index (χ0) is 12.4. The number of imidazole rings is 1. The highest BCUT2D eigenvalue weighted by Gasteiger charge is 2.24. The van der Waals surface area contributed by atoms with Gasteiger partial charge in [0.05, 0.1) is 6.54 Å². The van der Waals surface area contributed by atoms with E-state index in [1.165, 1.54) is 0 Å². The van der Waals surface area contributed by atoms with Gasteiger partial charge < -0.3 is 9.88 Å². The molecule has 0 spiro atoms. The van der Waals surface area contributed by atoms with Gasteiger partial charge in [0.2, 0.25) is 0 Å². The molecule has 1 N–H and O–H groups in total. The molecule has 0 radical (unpaired) electrons. The fourth-order valence-corrected chi connectivity index (χ4v) is 2.27. The fourth-order valence-electron chi connectivity index (χ4n) is 2.27. The van der Waals surface area contributed by atoms with Crippen LogP contribution in [0.4, 0.5) is 0 Å². The van der Waals surface area contributed by atoms with E-state index < -0.39 is 0 Å². The summed E-state index contributed by atoms with van der Waals surface area (Å²) < 4.78 is 2.06. The van der Waals surface area contributed by atoms with Gasteiger partial charge in [-0.2, -0.15) is 0 Å². The Morgan fingerprint density at radius 1 is 1.25 bits per heavy atom. The molecular weight excluding hydrogens is 198 g/mol. The van der Waals surface area contributed by atoms with Gasteiger partial charge in [-0.05, 0) is 25.7 Å². The molecule has 1 heterocycles. The molecule has 3 nitrogen and oxygen atoms in total. The van der Waals surface area contributed by atoms with E-state index in [1.54, 1.807) is 0 Å². The number of rotatable bonds is 4. The second-order valence-corrected chi connectivity index (χ2v) is 6.43. The minimum atomic E-state index is 0.143. The topological polar surface area (TPSA) is 29.9 Å². The molecule has 0 bridgehead atoms. The first-order valence-corrected chi connectivity index (χ1v) is 5.91. The molecule has 0 unspecified atom stereocenters. The Labute approximate surface area is 99.3 Å². The SMILES string of the molecule is Cn1ccnc1CNC(C)(C)CC(C)(C)C. The maximum absolute atomic E-state index is 4.32. The van der Waals surface area contributed by atoms with Crippen molar-refractivity contribution in [2.75, 3.05) is 0 Å². The van der Waals surface area contributed by atoms with Crippen LogP contribution in [0.2, 0.25) is 0 Å². The minimum Gasteiger partial charge on any atom is -0.337 e. The predicted molar refractivity (Wildman–Crippen MR) is 68.2 cm³/mol. The number of aryl methyl sites for hydroxylation is 1. The number of nitrogens with zero attached hydrogens (tertiary/aromatic N) is 2. The lowest BCUT2D eigenvalue weighted by Crippen LogP contribution is -2.42. The van der Waals surface area contributed by atoms with Crippen LogP contribution in [-0.2, 0) is 13.6 Å². The Kier molecular flexibility index (Phi) is 3.79. The first kappa shape index (κ1) is 13.2. The maximum Gasteiger partial charge on any atom is 0.122 e. The predicted octanol–water partition coefficient (Wildman–Crippen LogP) is 2.72. The Hall–Kier alpha value is -0.830. The normalized spacial score (nSPS) is 13.1. The lowest BCUT2D eigenvalue weighted by molar-refractivity contribution is 0.239. The summed E-state index contributed by atoms with van der Waals surface area (Å²) in [6.07, 6.45) is 4.96. The zero-order valence-electron chi connectivity index (χ0n) is 11.5. The summed E-state index contributed by atoms with van der Waals surface area (Å²) in [6, 6.07) is 0. The van der Waals surface area contributed by atoms with Crippen LogP contribution in [0.5, 0.6) is 0 Å². The van der Waals surface area contributed by atoms with Gasteiger partial charge in [0.1, 0.15) is 5.82 Å². The average molecular weight is 223 g/mol. The third-order valence-corrected chi connectivity index (χ3v) is 2.62. The monoisotopic (exact) mass is 223 g/mol. The van der Waals surface area contributed by atoms with E-state index in [0.29, 0.717) is 5.41 Å². The van der Waals surface area contributed by atoms with Crippen molar-refractivity contribution >= 4 is 0 Å². The highest BCUT2D eigenvalue weighted by atomic mass is 15.1. The molecule has 0 amide bonds. The fraction of sp³-hybridized carbons (Fsp3) is 0.769. The van der Waals surface area contributed by atoms with Crippen LogP contribution in [0.1, 0.15) is 46.9 Å². The van der Waals surface area contributed by atoms with Crippen molar-refractivity contribution in [1.29, 1.82) is 0 Å². The third kappa shape index (κ3) is 4.35. The molecule has 1 aromatic heterocycles. The Balaban J connectivity index is 2.51. The molecule has 0 atom stereocenters. The highest BCUT2D eigenvalue weighted by molar-refractivity contribution is 4.93. The van der Waals surface area contributed by atoms with Crippen LogP contribution >= 0.6 is 0 Å². The summed E-state index contributed by atoms with van der Waals surface area (Å²) in [5.74, 6) is 1.09. The van der Waals surface area contributed by atoms with Gasteiger partial charge in [0.25, 0.3) is 0 Å². The van der Waals surface area contributed by atoms with Crippen molar-refractivity contribution in [1.82, 2.24) is 14.9 Å². The molecule has 0 aliphatic heterocycles. The summed E-state index contributed by atoms with van der Waals surface area (Å²) in [4.78, 5) is 4.32. The van der Waals surface area contributed by atoms with Crippen LogP contribution in [0.3, 0.4) is 0 Å². The zero-order valence-corrected chi connectivity index (χ0v) is 11.5. The highest BCUT2D eigenvalue weighted by Crippen LogP contribution is 2.26. The number of nitrogens with one attached hydrogen (secondary N) is 1. The summed E-state index contributed by atoms with van der Waals surface area (Å²) in [5.41, 5.74) is 0.488. The summed E-state index contributed by atoms with van der Waals surface area (Å²) in [7, 11) is 2.03. The van der Waals surface area contributed by atoms with E-state index in [2.05, 4.69) is 49.5 Å². The Bertz CT molecular complexity index is 331. The first-order valence-electron chi connectivity index (χ1n) is 5.91. The van der Waals surface area contributed by atoms with Gasteiger partial charge in [-0.25, -0.2) is 4.98 Å². The van der Waals surface area contributed by atoms with Gasteiger partial charge in [-0.15, -0.1) is 0 Å². The third-order valence-electron chi connectivity index (χ3n) is 2.62. The van der Waals surface area contributed by atoms with Gasteiger partial charge in [0, 0.05) is 25.0 Å². The van der Waals surface area contributed by atoms with Crippen molar-refractivity contribution in [3.63, 3.8) is 0 Å². The van der Waals surface area contributed by atoms with Crippen molar-refractivity contribution in [3.8, 4) is 0 Å². The second kappa shape index (κ2) is 4.58. The molecule has 0 aliphatic rings. The Morgan fingerprint density at radius 3 is 2.31 bits per heavy atom. The van der Waals surface area contributed by atoms with Crippen LogP contribution < -0.4 is 5.32 Å². The lowest BCUT2D eigenvalue weighted by atomic mass is 9.82. The van der Waals surface area contributed by atoms with E-state index in [1.807, 2.05) is 19.4 Å². The quantitative estimate of drug-likeness (QED) is 0.850. The molecule has 0 saturated heterocycles. The summed E-state index contributed by atoms with van der Waals surface area (Å²) >= 11 is 0. The van der Waals surface area contributed by atoms with E-state index in [4.69, 9.17) is 0 Å². The van der Waals surface area contributed by atoms with Gasteiger partial charge in [-0.3, -0.25) is 0 Å². The molecule has 0 aliphatic carbocycles. The van der Waals surface area contributed by atoms with Crippen LogP contribution in [0, 0.1) is 5.41 Å². The van der Waals surface area contributed by atoms with E-state index >= 15 is 0 Å². The van der Waals surface area contributed by atoms with Crippen molar-refractivity contribution in [2.24, 2.45) is 12.5 Å². The molecule has 3 heteroatoms. The van der Waals surface area contributed by atoms with Crippen LogP contribution in [0.15, 0.2) is 12.4 Å². The smallest absolute Gasteiger partial charge is 0.122 e. The minimum absolute atomic E-state index is 0.143. The van der Waals surface area contributed by atoms with Gasteiger partial charge >= 0.3 is 0 Å². The number of aromatic nitrogens is 2. The molecule has 0 fully saturated rings. The maximum atomic E-state index is 4.32. The van der Waals surface area contributed by atoms with E-state index in [0.717, 1.165) is 18.8 Å². The van der Waals surface area contributed by atoms with E-state index in [9.17, 15) is 0 Å². The molecule has 1 rings (SSSR count). The van der Waals surface area contributed by atoms with Crippen molar-refractivity contribution < 1.29 is 0 Å². The number of hydrogen-bond donors (Lipinski definition) is 1. The second-order valence-electron chi connectivity index (χ2n) is 6.43. The largest absolute Gasteiger partial charge is 0.337 e. The molecule has 16 heavy (non-hydrogen) atoms. The first-order chi connectivity index (χ1) is 7.20. The van der Waals surface area contributed by atoms with Crippen LogP contribution in [-0.4, -0.2) is 15.1 Å². The Morgan fingerprint density at radius 2 is 1.88 bits per heavy atom. The van der Waals surface area contributed by atoms with Gasteiger partial charge in [0.15, 0.2) is 0 Å². The molecule has 0 saturated carbocycles. The molecule has 92 valence electrons. The van der Waals surface area contributed by atoms with Gasteiger partial charge in [-0.1, -0.05) is 20.8 Å². The standard InChI is InChI=1S/C13H25N3/c1-12(2,3)10-13(4,5)15-9-11-14-7-8-16(11)6/h7-8,15H,9-10H2,1-6H3. The molecule has 0 aromatic carbocycles. The van der Waals surface area contributed by atoms with Crippen LogP contribution in [0.25, 0.3) is 0 Å². The summed E-state index contributed by atoms with van der Waals surface area (Å²) in [6.45, 7) is 12.2. The van der Waals surface area contributed by atoms with Crippen molar-refractivity contribution in [2.45, 2.75) is 53.1 Å². The van der Waals surface area contributed by atoms with Crippen molar-refractivity contribution in [3.05, 3.63) is 18.2 Å². The van der Waals surface area contributed by atoms with E-state index in [-0.39, 0.29) is 5.54 Å². The lowest BCUT2D eigenvalue weighted by Gasteiger charge is -2.33. The number of hydrogen-bond acceptors (Lipinski definition) is 2. The summed E-state index contributed by atoms with van der Waals surface area (Å²) in [5, 5.41) is 3.58. The molecule has 1 aromatic rings. The molecular formula is C13H25N3. The average Bonchev–Trinajstić information content (AvgIpc) is 2.43.